The Bertz CT molecular complexity index is 1010. The van der Waals surface area contributed by atoms with Gasteiger partial charge in [0.2, 0.25) is 0 Å². The number of nitrogens with zero attached hydrogens (tertiary/aromatic N) is 1. The Labute approximate surface area is 162 Å². The summed E-state index contributed by atoms with van der Waals surface area (Å²) < 4.78 is 140. The standard InChI is InChI=1S/C15H10F9N3O2S/c1-7-2-8(13(16,17)18)6-12(25-7)26-27-30(28,29)11-4-9(14(19,20)21)3-10(5-11)15(22,23)24/h2-6,27H,1H3,(H,25,26). The number of hydrogen-bond acceptors (Lipinski definition) is 4. The minimum atomic E-state index is -5.29. The molecule has 1 aromatic carbocycles. The van der Waals surface area contributed by atoms with Crippen LogP contribution in [0.15, 0.2) is 35.2 Å². The van der Waals surface area contributed by atoms with E-state index in [1.54, 1.807) is 5.43 Å². The van der Waals surface area contributed by atoms with Gasteiger partial charge in [-0.2, -0.15) is 39.5 Å². The zero-order chi connectivity index (χ0) is 23.1. The fourth-order valence-electron chi connectivity index (χ4n) is 2.16. The van der Waals surface area contributed by atoms with Gasteiger partial charge in [-0.15, -0.1) is 4.83 Å². The number of aryl methyl sites for hydroxylation is 1. The van der Waals surface area contributed by atoms with Crippen LogP contribution in [0.5, 0.6) is 0 Å². The van der Waals surface area contributed by atoms with Crippen molar-refractivity contribution in [1.82, 2.24) is 9.82 Å². The van der Waals surface area contributed by atoms with Crippen LogP contribution >= 0.6 is 0 Å². The van der Waals surface area contributed by atoms with Gasteiger partial charge in [0.1, 0.15) is 5.82 Å². The van der Waals surface area contributed by atoms with Crippen LogP contribution in [0.2, 0.25) is 0 Å². The van der Waals surface area contributed by atoms with Crippen LogP contribution in [0.4, 0.5) is 45.3 Å². The van der Waals surface area contributed by atoms with Crippen molar-refractivity contribution in [3.05, 3.63) is 52.7 Å². The molecule has 0 amide bonds. The van der Waals surface area contributed by atoms with Gasteiger partial charge in [-0.3, -0.25) is 5.43 Å². The molecule has 2 aromatic rings. The van der Waals surface area contributed by atoms with Crippen molar-refractivity contribution in [3.63, 3.8) is 0 Å². The minimum Gasteiger partial charge on any atom is -0.292 e. The number of benzene rings is 1. The molecule has 0 unspecified atom stereocenters. The first kappa shape index (κ1) is 23.7. The lowest BCUT2D eigenvalue weighted by Gasteiger charge is -2.16. The van der Waals surface area contributed by atoms with Gasteiger partial charge >= 0.3 is 18.5 Å². The van der Waals surface area contributed by atoms with Crippen LogP contribution in [0.1, 0.15) is 22.4 Å². The van der Waals surface area contributed by atoms with Gasteiger partial charge in [0.15, 0.2) is 0 Å². The highest BCUT2D eigenvalue weighted by atomic mass is 32.2. The zero-order valence-electron chi connectivity index (χ0n) is 14.5. The van der Waals surface area contributed by atoms with Crippen molar-refractivity contribution >= 4 is 15.8 Å². The summed E-state index contributed by atoms with van der Waals surface area (Å²) in [6.07, 6.45) is -15.4. The van der Waals surface area contributed by atoms with Gasteiger partial charge < -0.3 is 0 Å². The zero-order valence-corrected chi connectivity index (χ0v) is 15.3. The van der Waals surface area contributed by atoms with Crippen LogP contribution in [-0.2, 0) is 28.6 Å². The van der Waals surface area contributed by atoms with E-state index in [9.17, 15) is 47.9 Å². The molecular formula is C15H10F9N3O2S. The number of nitrogens with one attached hydrogen (secondary N) is 2. The molecule has 0 aliphatic carbocycles. The maximum absolute atomic E-state index is 12.9. The molecule has 0 fully saturated rings. The van der Waals surface area contributed by atoms with Gasteiger partial charge in [-0.05, 0) is 37.3 Å². The molecule has 0 saturated carbocycles. The first-order chi connectivity index (χ1) is 13.4. The predicted octanol–water partition coefficient (Wildman–Crippen LogP) is 4.75. The van der Waals surface area contributed by atoms with E-state index in [2.05, 4.69) is 4.98 Å². The van der Waals surface area contributed by atoms with Crippen molar-refractivity contribution in [3.8, 4) is 0 Å². The summed E-state index contributed by atoms with van der Waals surface area (Å²) in [5.41, 5.74) is -3.43. The second-order valence-electron chi connectivity index (χ2n) is 5.85. The lowest BCUT2D eigenvalue weighted by molar-refractivity contribution is -0.143. The average molecular weight is 467 g/mol. The number of halogens is 9. The second-order valence-corrected chi connectivity index (χ2v) is 7.53. The van der Waals surface area contributed by atoms with Crippen molar-refractivity contribution in [1.29, 1.82) is 0 Å². The maximum Gasteiger partial charge on any atom is 0.416 e. The molecule has 15 heteroatoms. The lowest BCUT2D eigenvalue weighted by Crippen LogP contribution is -2.31. The van der Waals surface area contributed by atoms with E-state index in [4.69, 9.17) is 0 Å². The van der Waals surface area contributed by atoms with Crippen LogP contribution in [-0.4, -0.2) is 13.4 Å². The van der Waals surface area contributed by atoms with E-state index >= 15 is 0 Å². The van der Waals surface area contributed by atoms with Crippen LogP contribution in [0.25, 0.3) is 0 Å². The fraction of sp³-hybridized carbons (Fsp3) is 0.267. The van der Waals surface area contributed by atoms with E-state index < -0.39 is 56.0 Å². The lowest BCUT2D eigenvalue weighted by atomic mass is 10.1. The van der Waals surface area contributed by atoms with Gasteiger partial charge in [-0.1, -0.05) is 0 Å². The van der Waals surface area contributed by atoms with E-state index in [1.807, 2.05) is 0 Å². The molecule has 0 aliphatic heterocycles. The minimum absolute atomic E-state index is 0.0515. The van der Waals surface area contributed by atoms with Crippen molar-refractivity contribution in [2.45, 2.75) is 30.3 Å². The number of hydrazine groups is 1. The number of hydrogen-bond donors (Lipinski definition) is 2. The molecule has 0 bridgehead atoms. The van der Waals surface area contributed by atoms with E-state index in [-0.39, 0.29) is 23.9 Å². The largest absolute Gasteiger partial charge is 0.416 e. The summed E-state index contributed by atoms with van der Waals surface area (Å²) in [6.45, 7) is 1.15. The molecule has 2 N–H and O–H groups in total. The topological polar surface area (TPSA) is 71.1 Å². The van der Waals surface area contributed by atoms with E-state index in [0.717, 1.165) is 6.92 Å². The van der Waals surface area contributed by atoms with Crippen molar-refractivity contribution < 1.29 is 47.9 Å². The molecule has 5 nitrogen and oxygen atoms in total. The first-order valence-electron chi connectivity index (χ1n) is 7.53. The monoisotopic (exact) mass is 467 g/mol. The summed E-state index contributed by atoms with van der Waals surface area (Å²) in [4.78, 5) is 3.56. The molecule has 1 heterocycles. The number of sulfonamides is 1. The highest BCUT2D eigenvalue weighted by Crippen LogP contribution is 2.37. The maximum atomic E-state index is 12.9. The van der Waals surface area contributed by atoms with Crippen molar-refractivity contribution in [2.24, 2.45) is 0 Å². The Morgan fingerprint density at radius 1 is 0.733 bits per heavy atom. The summed E-state index contributed by atoms with van der Waals surface area (Å²) in [5, 5.41) is 0. The van der Waals surface area contributed by atoms with Gasteiger partial charge in [0.05, 0.1) is 21.6 Å². The highest BCUT2D eigenvalue weighted by molar-refractivity contribution is 7.89. The van der Waals surface area contributed by atoms with Gasteiger partial charge in [0, 0.05) is 5.69 Å². The third-order valence-electron chi connectivity index (χ3n) is 3.47. The summed E-state index contributed by atoms with van der Waals surface area (Å²) in [5.74, 6) is -0.686. The SMILES string of the molecule is Cc1cc(C(F)(F)F)cc(NNS(=O)(=O)c2cc(C(F)(F)F)cc(C(F)(F)F)c2)n1. The van der Waals surface area contributed by atoms with E-state index in [1.165, 1.54) is 4.83 Å². The van der Waals surface area contributed by atoms with Crippen molar-refractivity contribution in [2.75, 3.05) is 5.43 Å². The first-order valence-corrected chi connectivity index (χ1v) is 9.01. The Morgan fingerprint density at radius 3 is 1.60 bits per heavy atom. The summed E-state index contributed by atoms with van der Waals surface area (Å²) >= 11 is 0. The van der Waals surface area contributed by atoms with E-state index in [0.29, 0.717) is 12.1 Å². The number of pyridine rings is 1. The molecule has 166 valence electrons. The normalized spacial score (nSPS) is 13.4. The van der Waals surface area contributed by atoms with Gasteiger partial charge in [0.25, 0.3) is 10.0 Å². The molecule has 30 heavy (non-hydrogen) atoms. The molecule has 0 saturated heterocycles. The Kier molecular flexibility index (Phi) is 6.02. The molecule has 2 rings (SSSR count). The Morgan fingerprint density at radius 2 is 1.17 bits per heavy atom. The molecule has 0 aliphatic rings. The molecule has 0 spiro atoms. The predicted molar refractivity (Wildman–Crippen MR) is 84.4 cm³/mol. The number of rotatable bonds is 4. The third-order valence-corrected chi connectivity index (χ3v) is 4.69. The van der Waals surface area contributed by atoms with Crippen LogP contribution in [0, 0.1) is 6.92 Å². The molecular weight excluding hydrogens is 457 g/mol. The third kappa shape index (κ3) is 5.75. The molecule has 0 atom stereocenters. The van der Waals surface area contributed by atoms with Crippen LogP contribution in [0.3, 0.4) is 0 Å². The van der Waals surface area contributed by atoms with Crippen LogP contribution < -0.4 is 10.3 Å². The Balaban J connectivity index is 2.42. The molecule has 0 radical (unpaired) electrons. The highest BCUT2D eigenvalue weighted by Gasteiger charge is 2.38. The quantitative estimate of drug-likeness (QED) is 0.503. The van der Waals surface area contributed by atoms with Gasteiger partial charge in [-0.25, -0.2) is 13.4 Å². The average Bonchev–Trinajstić information content (AvgIpc) is 2.57. The summed E-state index contributed by atoms with van der Waals surface area (Å²) in [6, 6.07) is 0.656. The smallest absolute Gasteiger partial charge is 0.292 e. The fourth-order valence-corrected chi connectivity index (χ4v) is 3.08. The number of anilines is 1. The Hall–Kier alpha value is -2.55. The summed E-state index contributed by atoms with van der Waals surface area (Å²) in [7, 11) is -5.07. The number of alkyl halides is 9. The number of aromatic nitrogens is 1. The second kappa shape index (κ2) is 7.61. The molecule has 1 aromatic heterocycles.